The standard InChI is InChI=1S/C20H16FN3O4S2/c21-15-3-2-13-8-19(29-18(13)9-15)30(27,28)23-16-5-6-24(20(16)26)11-14-7-12(10-22)1-4-17(14)25/h1-4,7-9,16,23,25H,5-6,11H2/t16-/m0/s1. The third kappa shape index (κ3) is 3.87. The van der Waals surface area contributed by atoms with E-state index in [-0.39, 0.29) is 22.9 Å². The van der Waals surface area contributed by atoms with E-state index in [1.165, 1.54) is 47.4 Å². The number of nitriles is 1. The van der Waals surface area contributed by atoms with Crippen molar-refractivity contribution in [1.82, 2.24) is 9.62 Å². The normalized spacial score (nSPS) is 16.9. The van der Waals surface area contributed by atoms with E-state index >= 15 is 0 Å². The van der Waals surface area contributed by atoms with Gasteiger partial charge in [-0.15, -0.1) is 11.3 Å². The SMILES string of the molecule is N#Cc1ccc(O)c(CN2CC[C@H](NS(=O)(=O)c3cc4ccc(F)cc4s3)C2=O)c1. The van der Waals surface area contributed by atoms with E-state index in [4.69, 9.17) is 5.26 Å². The fraction of sp³-hybridized carbons (Fsp3) is 0.200. The number of fused-ring (bicyclic) bond motifs is 1. The molecule has 3 aromatic rings. The molecule has 0 radical (unpaired) electrons. The molecular weight excluding hydrogens is 429 g/mol. The molecule has 1 aromatic heterocycles. The van der Waals surface area contributed by atoms with Crippen molar-refractivity contribution in [1.29, 1.82) is 5.26 Å². The van der Waals surface area contributed by atoms with Gasteiger partial charge in [-0.1, -0.05) is 6.07 Å². The first kappa shape index (κ1) is 20.3. The molecule has 4 rings (SSSR count). The molecule has 10 heteroatoms. The smallest absolute Gasteiger partial charge is 0.250 e. The second-order valence-electron chi connectivity index (χ2n) is 6.93. The van der Waals surface area contributed by atoms with Gasteiger partial charge < -0.3 is 10.0 Å². The van der Waals surface area contributed by atoms with Gasteiger partial charge in [-0.05, 0) is 48.2 Å². The number of sulfonamides is 1. The van der Waals surface area contributed by atoms with Crippen molar-refractivity contribution >= 4 is 37.4 Å². The summed E-state index contributed by atoms with van der Waals surface area (Å²) in [6, 6.07) is 10.9. The van der Waals surface area contributed by atoms with E-state index in [1.807, 2.05) is 6.07 Å². The zero-order chi connectivity index (χ0) is 21.5. The van der Waals surface area contributed by atoms with Crippen LogP contribution in [0.25, 0.3) is 10.1 Å². The molecule has 2 N–H and O–H groups in total. The third-order valence-corrected chi connectivity index (χ3v) is 7.93. The molecule has 0 unspecified atom stereocenters. The Kier molecular flexibility index (Phi) is 5.19. The number of thiophene rings is 1. The predicted octanol–water partition coefficient (Wildman–Crippen LogP) is 2.70. The fourth-order valence-corrected chi connectivity index (χ4v) is 6.01. The Morgan fingerprint density at radius 2 is 2.07 bits per heavy atom. The summed E-state index contributed by atoms with van der Waals surface area (Å²) >= 11 is 0.933. The van der Waals surface area contributed by atoms with Gasteiger partial charge >= 0.3 is 0 Å². The van der Waals surface area contributed by atoms with Crippen LogP contribution in [0.2, 0.25) is 0 Å². The van der Waals surface area contributed by atoms with Crippen molar-refractivity contribution in [3.63, 3.8) is 0 Å². The zero-order valence-electron chi connectivity index (χ0n) is 15.5. The van der Waals surface area contributed by atoms with Crippen molar-refractivity contribution in [2.45, 2.75) is 23.2 Å². The summed E-state index contributed by atoms with van der Waals surface area (Å²) in [5.74, 6) is -0.901. The van der Waals surface area contributed by atoms with Crippen LogP contribution in [-0.2, 0) is 21.4 Å². The van der Waals surface area contributed by atoms with E-state index in [1.54, 1.807) is 0 Å². The molecule has 2 aromatic carbocycles. The zero-order valence-corrected chi connectivity index (χ0v) is 17.1. The van der Waals surface area contributed by atoms with Gasteiger partial charge in [0.05, 0.1) is 11.6 Å². The van der Waals surface area contributed by atoms with Gasteiger partial charge in [-0.3, -0.25) is 4.79 Å². The number of halogens is 1. The Hall–Kier alpha value is -3.00. The molecule has 1 amide bonds. The van der Waals surface area contributed by atoms with E-state index in [2.05, 4.69) is 4.72 Å². The van der Waals surface area contributed by atoms with Gasteiger partial charge in [0.2, 0.25) is 5.91 Å². The highest BCUT2D eigenvalue weighted by Crippen LogP contribution is 2.30. The van der Waals surface area contributed by atoms with E-state index in [9.17, 15) is 22.7 Å². The molecule has 0 spiro atoms. The molecule has 30 heavy (non-hydrogen) atoms. The molecule has 1 fully saturated rings. The lowest BCUT2D eigenvalue weighted by Gasteiger charge is -2.18. The van der Waals surface area contributed by atoms with E-state index < -0.39 is 27.8 Å². The number of hydrogen-bond donors (Lipinski definition) is 2. The van der Waals surface area contributed by atoms with Crippen molar-refractivity contribution in [2.24, 2.45) is 0 Å². The highest BCUT2D eigenvalue weighted by Gasteiger charge is 2.35. The molecule has 0 bridgehead atoms. The summed E-state index contributed by atoms with van der Waals surface area (Å²) in [4.78, 5) is 14.1. The van der Waals surface area contributed by atoms with E-state index in [0.29, 0.717) is 27.8 Å². The summed E-state index contributed by atoms with van der Waals surface area (Å²) in [6.45, 7) is 0.375. The number of nitrogens with one attached hydrogen (secondary N) is 1. The Balaban J connectivity index is 1.50. The Morgan fingerprint density at radius 1 is 1.27 bits per heavy atom. The molecule has 1 atom stereocenters. The molecule has 0 saturated carbocycles. The van der Waals surface area contributed by atoms with Crippen LogP contribution in [0.3, 0.4) is 0 Å². The number of hydrogen-bond acceptors (Lipinski definition) is 6. The second-order valence-corrected chi connectivity index (χ2v) is 9.95. The summed E-state index contributed by atoms with van der Waals surface area (Å²) < 4.78 is 41.8. The number of benzene rings is 2. The van der Waals surface area contributed by atoms with Crippen LogP contribution in [0.4, 0.5) is 4.39 Å². The maximum Gasteiger partial charge on any atom is 0.250 e. The van der Waals surface area contributed by atoms with Crippen molar-refractivity contribution in [2.75, 3.05) is 6.54 Å². The first-order chi connectivity index (χ1) is 14.3. The maximum atomic E-state index is 13.4. The number of carbonyl (C=O) groups excluding carboxylic acids is 1. The van der Waals surface area contributed by atoms with Gasteiger partial charge in [0.15, 0.2) is 0 Å². The van der Waals surface area contributed by atoms with Crippen LogP contribution in [-0.4, -0.2) is 36.9 Å². The van der Waals surface area contributed by atoms with Crippen LogP contribution in [0.5, 0.6) is 5.75 Å². The lowest BCUT2D eigenvalue weighted by molar-refractivity contribution is -0.129. The molecule has 154 valence electrons. The number of likely N-dealkylation sites (tertiary alicyclic amines) is 1. The quantitative estimate of drug-likeness (QED) is 0.627. The number of phenols is 1. The lowest BCUT2D eigenvalue weighted by Crippen LogP contribution is -2.41. The largest absolute Gasteiger partial charge is 0.508 e. The minimum atomic E-state index is -3.96. The van der Waals surface area contributed by atoms with Crippen LogP contribution in [0, 0.1) is 17.1 Å². The molecule has 1 aliphatic rings. The average molecular weight is 445 g/mol. The number of carbonyl (C=O) groups is 1. The third-order valence-electron chi connectivity index (χ3n) is 4.89. The predicted molar refractivity (Wildman–Crippen MR) is 109 cm³/mol. The van der Waals surface area contributed by atoms with Crippen LogP contribution in [0.15, 0.2) is 46.7 Å². The number of phenolic OH excluding ortho intramolecular Hbond substituents is 1. The topological polar surface area (TPSA) is 110 Å². The van der Waals surface area contributed by atoms with Gasteiger partial charge in [0.25, 0.3) is 10.0 Å². The monoisotopic (exact) mass is 445 g/mol. The van der Waals surface area contributed by atoms with Crippen molar-refractivity contribution in [3.8, 4) is 11.8 Å². The first-order valence-corrected chi connectivity index (χ1v) is 11.3. The summed E-state index contributed by atoms with van der Waals surface area (Å²) in [5, 5.41) is 19.6. The van der Waals surface area contributed by atoms with Crippen molar-refractivity contribution < 1.29 is 22.7 Å². The first-order valence-electron chi connectivity index (χ1n) is 8.99. The van der Waals surface area contributed by atoms with Gasteiger partial charge in [-0.25, -0.2) is 12.8 Å². The van der Waals surface area contributed by atoms with Crippen LogP contribution in [0.1, 0.15) is 17.5 Å². The summed E-state index contributed by atoms with van der Waals surface area (Å²) in [6.07, 6.45) is 0.274. The number of amides is 1. The molecule has 2 heterocycles. The number of rotatable bonds is 5. The Bertz CT molecular complexity index is 1300. The van der Waals surface area contributed by atoms with Gasteiger partial charge in [0.1, 0.15) is 21.8 Å². The highest BCUT2D eigenvalue weighted by atomic mass is 32.2. The minimum absolute atomic E-state index is 0.00807. The molecule has 1 saturated heterocycles. The highest BCUT2D eigenvalue weighted by molar-refractivity contribution is 7.91. The second kappa shape index (κ2) is 7.68. The Morgan fingerprint density at radius 3 is 2.83 bits per heavy atom. The number of aromatic hydroxyl groups is 1. The molecular formula is C20H16FN3O4S2. The van der Waals surface area contributed by atoms with Crippen molar-refractivity contribution in [3.05, 3.63) is 59.4 Å². The van der Waals surface area contributed by atoms with Crippen LogP contribution < -0.4 is 4.72 Å². The van der Waals surface area contributed by atoms with E-state index in [0.717, 1.165) is 11.3 Å². The molecule has 7 nitrogen and oxygen atoms in total. The minimum Gasteiger partial charge on any atom is -0.508 e. The van der Waals surface area contributed by atoms with Gasteiger partial charge in [0, 0.05) is 23.4 Å². The summed E-state index contributed by atoms with van der Waals surface area (Å²) in [5.41, 5.74) is 0.769. The molecule has 0 aliphatic carbocycles. The maximum absolute atomic E-state index is 13.4. The van der Waals surface area contributed by atoms with Gasteiger partial charge in [-0.2, -0.15) is 9.98 Å². The lowest BCUT2D eigenvalue weighted by atomic mass is 10.1. The van der Waals surface area contributed by atoms with Crippen LogP contribution >= 0.6 is 11.3 Å². The fourth-order valence-electron chi connectivity index (χ4n) is 3.35. The Labute approximate surface area is 176 Å². The number of nitrogens with zero attached hydrogens (tertiary/aromatic N) is 2. The average Bonchev–Trinajstić information content (AvgIpc) is 3.28. The summed E-state index contributed by atoms with van der Waals surface area (Å²) in [7, 11) is -3.96. The molecule has 1 aliphatic heterocycles.